The average Bonchev–Trinajstić information content (AvgIpc) is 2.76. The Bertz CT molecular complexity index is 791. The van der Waals surface area contributed by atoms with Gasteiger partial charge in [-0.25, -0.2) is 0 Å². The number of hydrogen-bond acceptors (Lipinski definition) is 6. The van der Waals surface area contributed by atoms with Crippen LogP contribution in [0.4, 0.5) is 11.4 Å². The number of para-hydroxylation sites is 2. The first-order chi connectivity index (χ1) is 13.7. The van der Waals surface area contributed by atoms with Crippen molar-refractivity contribution in [2.45, 2.75) is 6.54 Å². The van der Waals surface area contributed by atoms with Crippen LogP contribution in [0.3, 0.4) is 0 Å². The fraction of sp³-hybridized carbons (Fsp3) is 0.381. The molecule has 3 rings (SSSR count). The number of benzene rings is 2. The lowest BCUT2D eigenvalue weighted by molar-refractivity contribution is -0.119. The van der Waals surface area contributed by atoms with Crippen LogP contribution in [0, 0.1) is 0 Å². The summed E-state index contributed by atoms with van der Waals surface area (Å²) in [4.78, 5) is 14.6. The Morgan fingerprint density at radius 2 is 1.82 bits per heavy atom. The van der Waals surface area contributed by atoms with E-state index in [0.29, 0.717) is 18.0 Å². The summed E-state index contributed by atoms with van der Waals surface area (Å²) in [6.07, 6.45) is 0. The van der Waals surface area contributed by atoms with Crippen molar-refractivity contribution in [3.8, 4) is 11.5 Å². The molecule has 7 nitrogen and oxygen atoms in total. The van der Waals surface area contributed by atoms with Crippen LogP contribution in [0.25, 0.3) is 0 Å². The van der Waals surface area contributed by atoms with Gasteiger partial charge in [0.2, 0.25) is 5.91 Å². The van der Waals surface area contributed by atoms with E-state index >= 15 is 0 Å². The zero-order valence-electron chi connectivity index (χ0n) is 16.4. The van der Waals surface area contributed by atoms with Crippen LogP contribution >= 0.6 is 0 Å². The Morgan fingerprint density at radius 3 is 2.57 bits per heavy atom. The van der Waals surface area contributed by atoms with Gasteiger partial charge in [0.25, 0.3) is 0 Å². The van der Waals surface area contributed by atoms with Crippen LogP contribution in [0.5, 0.6) is 11.5 Å². The van der Waals surface area contributed by atoms with E-state index in [9.17, 15) is 4.79 Å². The second-order valence-corrected chi connectivity index (χ2v) is 6.44. The third-order valence-electron chi connectivity index (χ3n) is 4.63. The standard InChI is InChI=1S/C21H27N3O4/c1-26-19-8-7-16(13-20(19)27-2)14-23-21(25)15-22-17-5-3-4-6-18(17)24-9-11-28-12-10-24/h3-8,13,22H,9-12,14-15H2,1-2H3,(H,23,25). The summed E-state index contributed by atoms with van der Waals surface area (Å²) in [5, 5.41) is 6.17. The third kappa shape index (κ3) is 5.07. The molecule has 0 spiro atoms. The van der Waals surface area contributed by atoms with E-state index in [1.807, 2.05) is 36.4 Å². The predicted molar refractivity (Wildman–Crippen MR) is 109 cm³/mol. The van der Waals surface area contributed by atoms with Gasteiger partial charge in [-0.2, -0.15) is 0 Å². The smallest absolute Gasteiger partial charge is 0.239 e. The van der Waals surface area contributed by atoms with Crippen LogP contribution in [-0.2, 0) is 16.1 Å². The quantitative estimate of drug-likeness (QED) is 0.726. The fourth-order valence-corrected chi connectivity index (χ4v) is 3.13. The molecule has 0 radical (unpaired) electrons. The summed E-state index contributed by atoms with van der Waals surface area (Å²) < 4.78 is 15.9. The summed E-state index contributed by atoms with van der Waals surface area (Å²) in [6, 6.07) is 13.6. The summed E-state index contributed by atoms with van der Waals surface area (Å²) in [5.41, 5.74) is 2.99. The Labute approximate surface area is 165 Å². The minimum atomic E-state index is -0.0773. The molecular weight excluding hydrogens is 358 g/mol. The van der Waals surface area contributed by atoms with Gasteiger partial charge in [-0.05, 0) is 29.8 Å². The van der Waals surface area contributed by atoms with Gasteiger partial charge in [0.1, 0.15) is 0 Å². The van der Waals surface area contributed by atoms with Crippen molar-refractivity contribution in [2.24, 2.45) is 0 Å². The van der Waals surface area contributed by atoms with E-state index in [1.165, 1.54) is 0 Å². The number of carbonyl (C=O) groups is 1. The summed E-state index contributed by atoms with van der Waals surface area (Å²) in [6.45, 7) is 3.77. The van der Waals surface area contributed by atoms with E-state index in [4.69, 9.17) is 14.2 Å². The topological polar surface area (TPSA) is 72.1 Å². The molecule has 0 saturated carbocycles. The van der Waals surface area contributed by atoms with Gasteiger partial charge >= 0.3 is 0 Å². The monoisotopic (exact) mass is 385 g/mol. The molecule has 150 valence electrons. The van der Waals surface area contributed by atoms with Crippen molar-refractivity contribution in [2.75, 3.05) is 57.3 Å². The van der Waals surface area contributed by atoms with Crippen molar-refractivity contribution in [1.82, 2.24) is 5.32 Å². The number of hydrogen-bond donors (Lipinski definition) is 2. The molecule has 1 aliphatic heterocycles. The number of methoxy groups -OCH3 is 2. The molecule has 1 fully saturated rings. The number of morpholine rings is 1. The molecule has 2 N–H and O–H groups in total. The first-order valence-corrected chi connectivity index (χ1v) is 9.34. The Hall–Kier alpha value is -2.93. The zero-order chi connectivity index (χ0) is 19.8. The van der Waals surface area contributed by atoms with E-state index in [1.54, 1.807) is 14.2 Å². The van der Waals surface area contributed by atoms with Gasteiger partial charge in [0.05, 0.1) is 45.4 Å². The third-order valence-corrected chi connectivity index (χ3v) is 4.63. The zero-order valence-corrected chi connectivity index (χ0v) is 16.4. The second kappa shape index (κ2) is 9.85. The van der Waals surface area contributed by atoms with Crippen molar-refractivity contribution < 1.29 is 19.0 Å². The molecule has 0 bridgehead atoms. The van der Waals surface area contributed by atoms with Crippen molar-refractivity contribution >= 4 is 17.3 Å². The highest BCUT2D eigenvalue weighted by molar-refractivity contribution is 5.82. The molecule has 7 heteroatoms. The van der Waals surface area contributed by atoms with Crippen LogP contribution in [0.2, 0.25) is 0 Å². The number of anilines is 2. The molecule has 2 aromatic rings. The average molecular weight is 385 g/mol. The Balaban J connectivity index is 1.54. The number of amides is 1. The van der Waals surface area contributed by atoms with E-state index < -0.39 is 0 Å². The van der Waals surface area contributed by atoms with Crippen molar-refractivity contribution in [3.63, 3.8) is 0 Å². The molecule has 1 amide bonds. The molecule has 1 heterocycles. The van der Waals surface area contributed by atoms with Crippen LogP contribution < -0.4 is 25.0 Å². The molecule has 1 aliphatic rings. The van der Waals surface area contributed by atoms with Gasteiger partial charge in [-0.3, -0.25) is 4.79 Å². The Kier molecular flexibility index (Phi) is 6.97. The number of carbonyl (C=O) groups excluding carboxylic acids is 1. The molecule has 0 aliphatic carbocycles. The van der Waals surface area contributed by atoms with Gasteiger partial charge in [-0.15, -0.1) is 0 Å². The van der Waals surface area contributed by atoms with Crippen LogP contribution in [0.15, 0.2) is 42.5 Å². The minimum absolute atomic E-state index is 0.0773. The lowest BCUT2D eigenvalue weighted by Crippen LogP contribution is -2.37. The maximum Gasteiger partial charge on any atom is 0.239 e. The normalized spacial score (nSPS) is 13.7. The van der Waals surface area contributed by atoms with Gasteiger partial charge < -0.3 is 29.7 Å². The first kappa shape index (κ1) is 19.8. The fourth-order valence-electron chi connectivity index (χ4n) is 3.13. The number of ether oxygens (including phenoxy) is 3. The van der Waals surface area contributed by atoms with E-state index in [0.717, 1.165) is 43.2 Å². The molecule has 0 unspecified atom stereocenters. The van der Waals surface area contributed by atoms with E-state index in [-0.39, 0.29) is 12.5 Å². The Morgan fingerprint density at radius 1 is 1.07 bits per heavy atom. The SMILES string of the molecule is COc1ccc(CNC(=O)CNc2ccccc2N2CCOCC2)cc1OC. The van der Waals surface area contributed by atoms with Crippen LogP contribution in [0.1, 0.15) is 5.56 Å². The number of nitrogens with one attached hydrogen (secondary N) is 2. The summed E-state index contributed by atoms with van der Waals surface area (Å²) in [5.74, 6) is 1.23. The summed E-state index contributed by atoms with van der Waals surface area (Å²) in [7, 11) is 3.19. The lowest BCUT2D eigenvalue weighted by Gasteiger charge is -2.30. The molecule has 0 aromatic heterocycles. The highest BCUT2D eigenvalue weighted by atomic mass is 16.5. The predicted octanol–water partition coefficient (Wildman–Crippen LogP) is 2.27. The lowest BCUT2D eigenvalue weighted by atomic mass is 10.2. The number of rotatable bonds is 8. The maximum atomic E-state index is 12.3. The molecule has 28 heavy (non-hydrogen) atoms. The van der Waals surface area contributed by atoms with E-state index in [2.05, 4.69) is 21.6 Å². The van der Waals surface area contributed by atoms with Gasteiger partial charge in [0, 0.05) is 19.6 Å². The number of nitrogens with zero attached hydrogens (tertiary/aromatic N) is 1. The highest BCUT2D eigenvalue weighted by Crippen LogP contribution is 2.28. The largest absolute Gasteiger partial charge is 0.493 e. The molecule has 2 aromatic carbocycles. The second-order valence-electron chi connectivity index (χ2n) is 6.44. The molecule has 1 saturated heterocycles. The first-order valence-electron chi connectivity index (χ1n) is 9.34. The van der Waals surface area contributed by atoms with Crippen LogP contribution in [-0.4, -0.2) is 53.0 Å². The van der Waals surface area contributed by atoms with Gasteiger partial charge in [0.15, 0.2) is 11.5 Å². The molecule has 0 atom stereocenters. The summed E-state index contributed by atoms with van der Waals surface area (Å²) >= 11 is 0. The van der Waals surface area contributed by atoms with Crippen molar-refractivity contribution in [1.29, 1.82) is 0 Å². The highest BCUT2D eigenvalue weighted by Gasteiger charge is 2.14. The minimum Gasteiger partial charge on any atom is -0.493 e. The van der Waals surface area contributed by atoms with Gasteiger partial charge in [-0.1, -0.05) is 18.2 Å². The van der Waals surface area contributed by atoms with Crippen molar-refractivity contribution in [3.05, 3.63) is 48.0 Å². The molecular formula is C21H27N3O4. The maximum absolute atomic E-state index is 12.3.